The third kappa shape index (κ3) is 5.92. The van der Waals surface area contributed by atoms with Crippen molar-refractivity contribution in [3.05, 3.63) is 60.8 Å². The predicted octanol–water partition coefficient (Wildman–Crippen LogP) is 3.95. The SMILES string of the molecule is C1=C\C/C=C/C=C/CC/C=C/C=C/1. The van der Waals surface area contributed by atoms with Gasteiger partial charge in [-0.15, -0.1) is 0 Å². The molecule has 0 radical (unpaired) electrons. The van der Waals surface area contributed by atoms with Gasteiger partial charge < -0.3 is 0 Å². The van der Waals surface area contributed by atoms with E-state index < -0.39 is 0 Å². The fourth-order valence-electron chi connectivity index (χ4n) is 1.06. The molecule has 0 unspecified atom stereocenters. The lowest BCUT2D eigenvalue weighted by molar-refractivity contribution is 1.05. The predicted molar refractivity (Wildman–Crippen MR) is 59.6 cm³/mol. The molecule has 0 aliphatic heterocycles. The molecule has 0 fully saturated rings. The van der Waals surface area contributed by atoms with E-state index >= 15 is 0 Å². The van der Waals surface area contributed by atoms with Gasteiger partial charge in [0.15, 0.2) is 0 Å². The van der Waals surface area contributed by atoms with E-state index in [-0.39, 0.29) is 0 Å². The number of hydrogen-bond donors (Lipinski definition) is 0. The Morgan fingerprint density at radius 3 is 1.62 bits per heavy atom. The van der Waals surface area contributed by atoms with Crippen LogP contribution in [0.1, 0.15) is 19.3 Å². The molecular formula is C13H16. The summed E-state index contributed by atoms with van der Waals surface area (Å²) in [7, 11) is 0. The molecule has 0 saturated carbocycles. The van der Waals surface area contributed by atoms with E-state index in [1.807, 2.05) is 0 Å². The van der Waals surface area contributed by atoms with Crippen LogP contribution in [0.25, 0.3) is 0 Å². The Hall–Kier alpha value is -1.30. The number of rotatable bonds is 0. The summed E-state index contributed by atoms with van der Waals surface area (Å²) in [6.45, 7) is 0. The van der Waals surface area contributed by atoms with Crippen LogP contribution in [0.5, 0.6) is 0 Å². The van der Waals surface area contributed by atoms with Crippen molar-refractivity contribution in [1.82, 2.24) is 0 Å². The van der Waals surface area contributed by atoms with Crippen molar-refractivity contribution in [2.75, 3.05) is 0 Å². The van der Waals surface area contributed by atoms with Gasteiger partial charge in [0, 0.05) is 0 Å². The maximum Gasteiger partial charge on any atom is -0.0163 e. The fraction of sp³-hybridized carbons (Fsp3) is 0.231. The molecule has 0 bridgehead atoms. The van der Waals surface area contributed by atoms with Gasteiger partial charge >= 0.3 is 0 Å². The summed E-state index contributed by atoms with van der Waals surface area (Å²) in [6.07, 6.45) is 24.5. The van der Waals surface area contributed by atoms with E-state index in [1.54, 1.807) is 0 Å². The lowest BCUT2D eigenvalue weighted by Crippen LogP contribution is -1.62. The third-order valence-electron chi connectivity index (χ3n) is 1.76. The van der Waals surface area contributed by atoms with Crippen molar-refractivity contribution >= 4 is 0 Å². The van der Waals surface area contributed by atoms with Crippen LogP contribution < -0.4 is 0 Å². The summed E-state index contributed by atoms with van der Waals surface area (Å²) in [6, 6.07) is 0. The molecule has 0 N–H and O–H groups in total. The minimum atomic E-state index is 1.01. The summed E-state index contributed by atoms with van der Waals surface area (Å²) in [4.78, 5) is 0. The van der Waals surface area contributed by atoms with E-state index in [2.05, 4.69) is 60.8 Å². The molecule has 13 heavy (non-hydrogen) atoms. The molecule has 0 atom stereocenters. The smallest absolute Gasteiger partial charge is 0.0163 e. The first-order valence-electron chi connectivity index (χ1n) is 4.80. The summed E-state index contributed by atoms with van der Waals surface area (Å²) in [5.41, 5.74) is 0. The summed E-state index contributed by atoms with van der Waals surface area (Å²) >= 11 is 0. The monoisotopic (exact) mass is 172 g/mol. The van der Waals surface area contributed by atoms with Crippen molar-refractivity contribution in [3.63, 3.8) is 0 Å². The zero-order chi connectivity index (χ0) is 9.19. The second-order valence-corrected chi connectivity index (χ2v) is 2.91. The van der Waals surface area contributed by atoms with Crippen molar-refractivity contribution in [3.8, 4) is 0 Å². The first-order chi connectivity index (χ1) is 6.50. The van der Waals surface area contributed by atoms with Crippen molar-refractivity contribution in [2.45, 2.75) is 19.3 Å². The van der Waals surface area contributed by atoms with Gasteiger partial charge in [-0.3, -0.25) is 0 Å². The molecule has 68 valence electrons. The molecule has 0 nitrogen and oxygen atoms in total. The fourth-order valence-corrected chi connectivity index (χ4v) is 1.06. The van der Waals surface area contributed by atoms with Crippen LogP contribution in [0, 0.1) is 0 Å². The molecular weight excluding hydrogens is 156 g/mol. The number of hydrogen-bond acceptors (Lipinski definition) is 0. The van der Waals surface area contributed by atoms with Crippen LogP contribution in [0.4, 0.5) is 0 Å². The molecule has 0 heteroatoms. The molecule has 0 saturated heterocycles. The lowest BCUT2D eigenvalue weighted by atomic mass is 10.2. The lowest BCUT2D eigenvalue weighted by Gasteiger charge is -1.83. The van der Waals surface area contributed by atoms with E-state index in [9.17, 15) is 0 Å². The summed E-state index contributed by atoms with van der Waals surface area (Å²) in [5, 5.41) is 0. The zero-order valence-corrected chi connectivity index (χ0v) is 7.89. The third-order valence-corrected chi connectivity index (χ3v) is 1.76. The van der Waals surface area contributed by atoms with Gasteiger partial charge in [0.25, 0.3) is 0 Å². The minimum Gasteiger partial charge on any atom is -0.0842 e. The molecule has 0 aromatic rings. The van der Waals surface area contributed by atoms with Gasteiger partial charge in [-0.05, 0) is 19.3 Å². The Bertz CT molecular complexity index is 249. The van der Waals surface area contributed by atoms with Crippen LogP contribution in [-0.4, -0.2) is 0 Å². The average molecular weight is 172 g/mol. The topological polar surface area (TPSA) is 0 Å². The molecule has 0 aromatic carbocycles. The Labute approximate surface area is 80.7 Å². The van der Waals surface area contributed by atoms with Gasteiger partial charge in [0.1, 0.15) is 0 Å². The van der Waals surface area contributed by atoms with Crippen LogP contribution in [-0.2, 0) is 0 Å². The summed E-state index contributed by atoms with van der Waals surface area (Å²) in [5.74, 6) is 0. The molecule has 0 spiro atoms. The van der Waals surface area contributed by atoms with Crippen LogP contribution >= 0.6 is 0 Å². The Kier molecular flexibility index (Phi) is 5.54. The Morgan fingerprint density at radius 2 is 0.923 bits per heavy atom. The molecule has 1 aliphatic rings. The van der Waals surface area contributed by atoms with Gasteiger partial charge in [0.2, 0.25) is 0 Å². The highest BCUT2D eigenvalue weighted by Gasteiger charge is 1.75. The van der Waals surface area contributed by atoms with Crippen LogP contribution in [0.15, 0.2) is 60.8 Å². The highest BCUT2D eigenvalue weighted by atomic mass is 13.8. The zero-order valence-electron chi connectivity index (χ0n) is 7.89. The molecule has 1 rings (SSSR count). The standard InChI is InChI=1S/C13H16/c1-2-4-6-8-10-12-13-11-9-7-5-3-1/h1-6,9,11-13H,7-8,10H2/b2-1+,5-3-,6-4+,11-9+,13-12+. The van der Waals surface area contributed by atoms with Gasteiger partial charge in [-0.2, -0.15) is 0 Å². The largest absolute Gasteiger partial charge is 0.0842 e. The normalized spacial score (nSPS) is 30.2. The first-order valence-corrected chi connectivity index (χ1v) is 4.80. The van der Waals surface area contributed by atoms with E-state index in [1.165, 1.54) is 0 Å². The van der Waals surface area contributed by atoms with E-state index in [4.69, 9.17) is 0 Å². The molecule has 0 amide bonds. The summed E-state index contributed by atoms with van der Waals surface area (Å²) < 4.78 is 0. The molecule has 0 heterocycles. The minimum absolute atomic E-state index is 1.01. The Morgan fingerprint density at radius 1 is 0.462 bits per heavy atom. The van der Waals surface area contributed by atoms with Gasteiger partial charge in [0.05, 0.1) is 0 Å². The van der Waals surface area contributed by atoms with Crippen molar-refractivity contribution in [1.29, 1.82) is 0 Å². The highest BCUT2D eigenvalue weighted by molar-refractivity contribution is 5.13. The molecule has 0 aromatic heterocycles. The molecule has 1 aliphatic carbocycles. The Balaban J connectivity index is 2.49. The first kappa shape index (κ1) is 9.79. The second kappa shape index (κ2) is 7.35. The van der Waals surface area contributed by atoms with E-state index in [0.29, 0.717) is 0 Å². The van der Waals surface area contributed by atoms with Crippen LogP contribution in [0.2, 0.25) is 0 Å². The van der Waals surface area contributed by atoms with Crippen LogP contribution in [0.3, 0.4) is 0 Å². The quantitative estimate of drug-likeness (QED) is 0.519. The average Bonchev–Trinajstić information content (AvgIpc) is 2.18. The maximum absolute atomic E-state index is 2.20. The second-order valence-electron chi connectivity index (χ2n) is 2.91. The number of allylic oxidation sites excluding steroid dienone is 10. The van der Waals surface area contributed by atoms with Crippen molar-refractivity contribution in [2.24, 2.45) is 0 Å². The highest BCUT2D eigenvalue weighted by Crippen LogP contribution is 1.96. The van der Waals surface area contributed by atoms with Crippen molar-refractivity contribution < 1.29 is 0 Å². The maximum atomic E-state index is 2.20. The van der Waals surface area contributed by atoms with Gasteiger partial charge in [-0.1, -0.05) is 60.8 Å². The van der Waals surface area contributed by atoms with Gasteiger partial charge in [-0.25, -0.2) is 0 Å². The van der Waals surface area contributed by atoms with E-state index in [0.717, 1.165) is 19.3 Å².